The predicted molar refractivity (Wildman–Crippen MR) is 82.8 cm³/mol. The molecule has 5 heteroatoms. The number of anilines is 1. The quantitative estimate of drug-likeness (QED) is 0.523. The maximum atomic E-state index is 12.3. The number of amides is 1. The first-order valence-corrected chi connectivity index (χ1v) is 7.10. The number of ketones is 1. The minimum Gasteiger partial charge on any atom is -0.325 e. The Morgan fingerprint density at radius 2 is 1.57 bits per heavy atom. The van der Waals surface area contributed by atoms with Gasteiger partial charge in [-0.3, -0.25) is 9.59 Å². The van der Waals surface area contributed by atoms with Crippen LogP contribution in [0.15, 0.2) is 60.7 Å². The molecule has 0 bridgehead atoms. The SMILES string of the molecule is N#CSC(C(=O)Nc1ccccc1)C(=O)c1ccccc1. The van der Waals surface area contributed by atoms with E-state index in [0.717, 1.165) is 0 Å². The summed E-state index contributed by atoms with van der Waals surface area (Å²) in [6.45, 7) is 0. The number of thioether (sulfide) groups is 1. The van der Waals surface area contributed by atoms with E-state index in [1.807, 2.05) is 11.5 Å². The van der Waals surface area contributed by atoms with Crippen molar-refractivity contribution < 1.29 is 9.59 Å². The molecule has 0 heterocycles. The minimum absolute atomic E-state index is 0.379. The maximum Gasteiger partial charge on any atom is 0.246 e. The Morgan fingerprint density at radius 1 is 1.00 bits per heavy atom. The standard InChI is InChI=1S/C16H12N2O2S/c17-11-21-15(14(19)12-7-3-1-4-8-12)16(20)18-13-9-5-2-6-10-13/h1-10,15H,(H,18,20). The van der Waals surface area contributed by atoms with Crippen LogP contribution < -0.4 is 5.32 Å². The molecular formula is C16H12N2O2S. The third-order valence-electron chi connectivity index (χ3n) is 2.75. The van der Waals surface area contributed by atoms with Crippen LogP contribution in [0.1, 0.15) is 10.4 Å². The number of carbonyl (C=O) groups is 2. The van der Waals surface area contributed by atoms with E-state index in [9.17, 15) is 9.59 Å². The van der Waals surface area contributed by atoms with Crippen molar-refractivity contribution >= 4 is 29.1 Å². The van der Waals surface area contributed by atoms with Crippen LogP contribution >= 0.6 is 11.8 Å². The molecule has 1 atom stereocenters. The van der Waals surface area contributed by atoms with Gasteiger partial charge in [-0.05, 0) is 23.9 Å². The van der Waals surface area contributed by atoms with Gasteiger partial charge in [-0.1, -0.05) is 48.5 Å². The molecule has 0 aliphatic rings. The van der Waals surface area contributed by atoms with E-state index >= 15 is 0 Å². The number of benzene rings is 2. The number of hydrogen-bond acceptors (Lipinski definition) is 4. The fraction of sp³-hybridized carbons (Fsp3) is 0.0625. The van der Waals surface area contributed by atoms with E-state index in [4.69, 9.17) is 5.26 Å². The van der Waals surface area contributed by atoms with Gasteiger partial charge in [0.1, 0.15) is 5.40 Å². The summed E-state index contributed by atoms with van der Waals surface area (Å²) in [5.41, 5.74) is 1.00. The molecule has 1 N–H and O–H groups in total. The number of rotatable bonds is 5. The number of para-hydroxylation sites is 1. The predicted octanol–water partition coefficient (Wildman–Crippen LogP) is 3.09. The summed E-state index contributed by atoms with van der Waals surface area (Å²) < 4.78 is 0. The fourth-order valence-electron chi connectivity index (χ4n) is 1.76. The smallest absolute Gasteiger partial charge is 0.246 e. The summed E-state index contributed by atoms with van der Waals surface area (Å²) in [6.07, 6.45) is 0. The molecule has 2 rings (SSSR count). The number of Topliss-reactive ketones (excluding diaryl/α,β-unsaturated/α-hetero) is 1. The van der Waals surface area contributed by atoms with Gasteiger partial charge in [0.2, 0.25) is 5.91 Å². The van der Waals surface area contributed by atoms with Gasteiger partial charge < -0.3 is 5.32 Å². The first-order valence-electron chi connectivity index (χ1n) is 6.22. The zero-order valence-electron chi connectivity index (χ0n) is 11.0. The van der Waals surface area contributed by atoms with Crippen LogP contribution in [-0.2, 0) is 4.79 Å². The molecule has 0 fully saturated rings. The molecule has 21 heavy (non-hydrogen) atoms. The first-order chi connectivity index (χ1) is 10.2. The number of nitrogens with one attached hydrogen (secondary N) is 1. The van der Waals surface area contributed by atoms with E-state index in [2.05, 4.69) is 5.32 Å². The molecule has 104 valence electrons. The van der Waals surface area contributed by atoms with E-state index in [-0.39, 0.29) is 5.78 Å². The van der Waals surface area contributed by atoms with Crippen LogP contribution in [0.2, 0.25) is 0 Å². The Balaban J connectivity index is 2.17. The second kappa shape index (κ2) is 7.27. The summed E-state index contributed by atoms with van der Waals surface area (Å²) in [6, 6.07) is 17.3. The van der Waals surface area contributed by atoms with Crippen molar-refractivity contribution in [3.63, 3.8) is 0 Å². The molecule has 2 aromatic rings. The monoisotopic (exact) mass is 296 g/mol. The lowest BCUT2D eigenvalue weighted by molar-refractivity contribution is -0.115. The van der Waals surface area contributed by atoms with Crippen molar-refractivity contribution in [3.05, 3.63) is 66.2 Å². The van der Waals surface area contributed by atoms with Crippen molar-refractivity contribution in [2.75, 3.05) is 5.32 Å². The van der Waals surface area contributed by atoms with Gasteiger partial charge in [0.15, 0.2) is 11.0 Å². The van der Waals surface area contributed by atoms with Crippen LogP contribution in [0.25, 0.3) is 0 Å². The third-order valence-corrected chi connectivity index (χ3v) is 3.52. The largest absolute Gasteiger partial charge is 0.325 e. The molecule has 0 aliphatic carbocycles. The highest BCUT2D eigenvalue weighted by Crippen LogP contribution is 2.18. The van der Waals surface area contributed by atoms with Crippen molar-refractivity contribution in [3.8, 4) is 5.40 Å². The van der Waals surface area contributed by atoms with E-state index in [1.54, 1.807) is 54.6 Å². The Morgan fingerprint density at radius 3 is 2.14 bits per heavy atom. The third kappa shape index (κ3) is 3.94. The molecule has 1 unspecified atom stereocenters. The van der Waals surface area contributed by atoms with Crippen molar-refractivity contribution in [2.45, 2.75) is 5.25 Å². The second-order valence-corrected chi connectivity index (χ2v) is 5.06. The summed E-state index contributed by atoms with van der Waals surface area (Å²) in [4.78, 5) is 24.5. The number of nitriles is 1. The van der Waals surface area contributed by atoms with Gasteiger partial charge in [0.05, 0.1) is 0 Å². The van der Waals surface area contributed by atoms with E-state index in [0.29, 0.717) is 23.0 Å². The molecule has 0 aromatic heterocycles. The van der Waals surface area contributed by atoms with Gasteiger partial charge >= 0.3 is 0 Å². The minimum atomic E-state index is -1.09. The van der Waals surface area contributed by atoms with E-state index < -0.39 is 11.2 Å². The van der Waals surface area contributed by atoms with Crippen molar-refractivity contribution in [2.24, 2.45) is 0 Å². The Hall–Kier alpha value is -2.58. The number of nitrogens with zero attached hydrogens (tertiary/aromatic N) is 1. The van der Waals surface area contributed by atoms with Gasteiger partial charge in [-0.2, -0.15) is 5.26 Å². The number of thiocyanates is 1. The maximum absolute atomic E-state index is 12.3. The summed E-state index contributed by atoms with van der Waals surface area (Å²) in [7, 11) is 0. The molecule has 1 amide bonds. The number of hydrogen-bond donors (Lipinski definition) is 1. The molecule has 0 saturated heterocycles. The van der Waals surface area contributed by atoms with Gasteiger partial charge in [-0.15, -0.1) is 0 Å². The second-order valence-electron chi connectivity index (χ2n) is 4.17. The Labute approximate surface area is 126 Å². The van der Waals surface area contributed by atoms with Gasteiger partial charge in [0.25, 0.3) is 0 Å². The molecular weight excluding hydrogens is 284 g/mol. The van der Waals surface area contributed by atoms with Gasteiger partial charge in [0, 0.05) is 11.3 Å². The molecule has 0 aliphatic heterocycles. The summed E-state index contributed by atoms with van der Waals surface area (Å²) in [5, 5.41) is 12.2. The lowest BCUT2D eigenvalue weighted by Crippen LogP contribution is -2.32. The fourth-order valence-corrected chi connectivity index (χ4v) is 2.28. The van der Waals surface area contributed by atoms with Gasteiger partial charge in [-0.25, -0.2) is 0 Å². The topological polar surface area (TPSA) is 70.0 Å². The molecule has 0 spiro atoms. The highest BCUT2D eigenvalue weighted by Gasteiger charge is 2.28. The average molecular weight is 296 g/mol. The first kappa shape index (κ1) is 14.8. The van der Waals surface area contributed by atoms with Crippen LogP contribution in [0.3, 0.4) is 0 Å². The average Bonchev–Trinajstić information content (AvgIpc) is 2.53. The van der Waals surface area contributed by atoms with Crippen molar-refractivity contribution in [1.29, 1.82) is 5.26 Å². The van der Waals surface area contributed by atoms with Crippen molar-refractivity contribution in [1.82, 2.24) is 0 Å². The summed E-state index contributed by atoms with van der Waals surface area (Å²) >= 11 is 0.651. The zero-order valence-corrected chi connectivity index (χ0v) is 11.8. The van der Waals surface area contributed by atoms with E-state index in [1.165, 1.54) is 0 Å². The lowest BCUT2D eigenvalue weighted by Gasteiger charge is -2.12. The highest BCUT2D eigenvalue weighted by atomic mass is 32.2. The lowest BCUT2D eigenvalue weighted by atomic mass is 10.1. The molecule has 0 radical (unpaired) electrons. The highest BCUT2D eigenvalue weighted by molar-refractivity contribution is 8.05. The van der Waals surface area contributed by atoms with Crippen LogP contribution in [0, 0.1) is 10.7 Å². The summed E-state index contributed by atoms with van der Waals surface area (Å²) in [5.74, 6) is -0.878. The molecule has 2 aromatic carbocycles. The Bertz CT molecular complexity index is 666. The number of carbonyl (C=O) groups excluding carboxylic acids is 2. The normalized spacial score (nSPS) is 11.2. The zero-order chi connectivity index (χ0) is 15.1. The van der Waals surface area contributed by atoms with Crippen LogP contribution in [0.4, 0.5) is 5.69 Å². The molecule has 4 nitrogen and oxygen atoms in total. The van der Waals surface area contributed by atoms with Crippen LogP contribution in [-0.4, -0.2) is 16.9 Å². The Kier molecular flexibility index (Phi) is 5.13. The molecule has 0 saturated carbocycles. The van der Waals surface area contributed by atoms with Crippen LogP contribution in [0.5, 0.6) is 0 Å².